The number of ether oxygens (including phenoxy) is 1. The van der Waals surface area contributed by atoms with Crippen molar-refractivity contribution >= 4 is 41.5 Å². The van der Waals surface area contributed by atoms with Crippen LogP contribution in [-0.4, -0.2) is 58.3 Å². The number of aliphatic imine (C=N–C) groups is 1. The van der Waals surface area contributed by atoms with Gasteiger partial charge in [0.05, 0.1) is 12.6 Å². The summed E-state index contributed by atoms with van der Waals surface area (Å²) in [5.41, 5.74) is 1.21. The zero-order valence-corrected chi connectivity index (χ0v) is 18.1. The third kappa shape index (κ3) is 9.05. The van der Waals surface area contributed by atoms with E-state index in [1.54, 1.807) is 7.11 Å². The van der Waals surface area contributed by atoms with Gasteiger partial charge in [0.25, 0.3) is 0 Å². The van der Waals surface area contributed by atoms with Gasteiger partial charge >= 0.3 is 0 Å². The lowest BCUT2D eigenvalue weighted by molar-refractivity contribution is 0.195. The Labute approximate surface area is 168 Å². The number of hydrogen-bond acceptors (Lipinski definition) is 3. The molecule has 0 aliphatic heterocycles. The minimum absolute atomic E-state index is 0. The maximum atomic E-state index is 5.98. The van der Waals surface area contributed by atoms with Crippen LogP contribution >= 0.6 is 35.6 Å². The molecule has 24 heavy (non-hydrogen) atoms. The Morgan fingerprint density at radius 3 is 2.46 bits per heavy atom. The van der Waals surface area contributed by atoms with Gasteiger partial charge in [-0.25, -0.2) is 0 Å². The zero-order valence-electron chi connectivity index (χ0n) is 15.0. The molecule has 7 heteroatoms. The van der Waals surface area contributed by atoms with Crippen LogP contribution in [0.15, 0.2) is 29.3 Å². The molecule has 0 aliphatic rings. The van der Waals surface area contributed by atoms with E-state index in [1.807, 2.05) is 12.1 Å². The minimum Gasteiger partial charge on any atom is -0.385 e. The van der Waals surface area contributed by atoms with E-state index < -0.39 is 0 Å². The van der Waals surface area contributed by atoms with Crippen LogP contribution in [-0.2, 0) is 4.74 Å². The lowest BCUT2D eigenvalue weighted by Gasteiger charge is -2.24. The first-order valence-corrected chi connectivity index (χ1v) is 8.39. The second-order valence-electron chi connectivity index (χ2n) is 5.52. The van der Waals surface area contributed by atoms with Gasteiger partial charge in [-0.2, -0.15) is 0 Å². The lowest BCUT2D eigenvalue weighted by atomic mass is 10.1. The fourth-order valence-electron chi connectivity index (χ4n) is 2.19. The third-order valence-electron chi connectivity index (χ3n) is 3.46. The van der Waals surface area contributed by atoms with Gasteiger partial charge < -0.3 is 20.3 Å². The summed E-state index contributed by atoms with van der Waals surface area (Å²) in [5, 5.41) is 7.36. The Balaban J connectivity index is 0.00000529. The van der Waals surface area contributed by atoms with Crippen molar-refractivity contribution in [2.75, 3.05) is 47.4 Å². The number of nitrogens with zero attached hydrogens (tertiary/aromatic N) is 2. The molecule has 1 unspecified atom stereocenters. The average molecular weight is 469 g/mol. The van der Waals surface area contributed by atoms with Gasteiger partial charge in [0, 0.05) is 31.8 Å². The smallest absolute Gasteiger partial charge is 0.191 e. The highest BCUT2D eigenvalue weighted by molar-refractivity contribution is 14.0. The highest BCUT2D eigenvalue weighted by Gasteiger charge is 2.13. The molecule has 0 fully saturated rings. The standard InChI is InChI=1S/C17H29ClN4O.HI/c1-5-19-17(20-11-6-12-23-4)21-13-16(22(2)3)14-7-9-15(18)10-8-14;/h7-10,16H,5-6,11-13H2,1-4H3,(H2,19,20,21);1H. The molecule has 0 amide bonds. The third-order valence-corrected chi connectivity index (χ3v) is 3.71. The summed E-state index contributed by atoms with van der Waals surface area (Å²) in [4.78, 5) is 6.88. The molecule has 0 radical (unpaired) electrons. The van der Waals surface area contributed by atoms with Crippen LogP contribution in [0.1, 0.15) is 24.9 Å². The summed E-state index contributed by atoms with van der Waals surface area (Å²) < 4.78 is 5.06. The quantitative estimate of drug-likeness (QED) is 0.253. The molecule has 5 nitrogen and oxygen atoms in total. The average Bonchev–Trinajstić information content (AvgIpc) is 2.53. The first-order valence-electron chi connectivity index (χ1n) is 8.01. The molecule has 1 atom stereocenters. The second-order valence-corrected chi connectivity index (χ2v) is 5.96. The van der Waals surface area contributed by atoms with Gasteiger partial charge in [-0.15, -0.1) is 24.0 Å². The number of rotatable bonds is 9. The highest BCUT2D eigenvalue weighted by atomic mass is 127. The predicted molar refractivity (Wildman–Crippen MR) is 114 cm³/mol. The van der Waals surface area contributed by atoms with Gasteiger partial charge in [0.15, 0.2) is 5.96 Å². The molecule has 0 spiro atoms. The van der Waals surface area contributed by atoms with E-state index in [-0.39, 0.29) is 30.0 Å². The zero-order chi connectivity index (χ0) is 17.1. The maximum absolute atomic E-state index is 5.98. The first-order chi connectivity index (χ1) is 11.1. The molecular weight excluding hydrogens is 439 g/mol. The van der Waals surface area contributed by atoms with E-state index in [2.05, 4.69) is 48.7 Å². The fourth-order valence-corrected chi connectivity index (χ4v) is 2.32. The number of halogens is 2. The summed E-state index contributed by atoms with van der Waals surface area (Å²) in [6.45, 7) is 5.16. The largest absolute Gasteiger partial charge is 0.385 e. The van der Waals surface area contributed by atoms with Crippen LogP contribution in [0.5, 0.6) is 0 Å². The molecule has 138 valence electrons. The minimum atomic E-state index is 0. The summed E-state index contributed by atoms with van der Waals surface area (Å²) in [5.74, 6) is 0.837. The van der Waals surface area contributed by atoms with Crippen LogP contribution in [0.4, 0.5) is 0 Å². The Morgan fingerprint density at radius 1 is 1.25 bits per heavy atom. The topological polar surface area (TPSA) is 48.9 Å². The number of methoxy groups -OCH3 is 1. The number of hydrogen-bond donors (Lipinski definition) is 2. The summed E-state index contributed by atoms with van der Waals surface area (Å²) in [6, 6.07) is 8.17. The van der Waals surface area contributed by atoms with E-state index in [0.29, 0.717) is 6.54 Å². The Hall–Kier alpha value is -0.570. The number of nitrogens with one attached hydrogen (secondary N) is 2. The van der Waals surface area contributed by atoms with Crippen molar-refractivity contribution in [3.05, 3.63) is 34.9 Å². The molecule has 0 aliphatic carbocycles. The predicted octanol–water partition coefficient (Wildman–Crippen LogP) is 3.15. The van der Waals surface area contributed by atoms with Gasteiger partial charge in [0.2, 0.25) is 0 Å². The van der Waals surface area contributed by atoms with Gasteiger partial charge in [-0.1, -0.05) is 23.7 Å². The maximum Gasteiger partial charge on any atom is 0.191 e. The van der Waals surface area contributed by atoms with E-state index in [4.69, 9.17) is 21.3 Å². The van der Waals surface area contributed by atoms with Gasteiger partial charge in [-0.05, 0) is 45.1 Å². The first kappa shape index (κ1) is 23.4. The van der Waals surface area contributed by atoms with Crippen molar-refractivity contribution in [3.8, 4) is 0 Å². The van der Waals surface area contributed by atoms with E-state index in [1.165, 1.54) is 5.56 Å². The SMILES string of the molecule is CCNC(=NCC(c1ccc(Cl)cc1)N(C)C)NCCCOC.I. The molecule has 0 bridgehead atoms. The second kappa shape index (κ2) is 13.7. The molecule has 0 heterocycles. The Morgan fingerprint density at radius 2 is 1.92 bits per heavy atom. The number of benzene rings is 1. The van der Waals surface area contributed by atoms with E-state index in [9.17, 15) is 0 Å². The summed E-state index contributed by atoms with van der Waals surface area (Å²) >= 11 is 5.98. The monoisotopic (exact) mass is 468 g/mol. The molecule has 0 aromatic heterocycles. The summed E-state index contributed by atoms with van der Waals surface area (Å²) in [7, 11) is 5.84. The van der Waals surface area contributed by atoms with Gasteiger partial charge in [0.1, 0.15) is 0 Å². The highest BCUT2D eigenvalue weighted by Crippen LogP contribution is 2.20. The van der Waals surface area contributed by atoms with Crippen molar-refractivity contribution in [1.82, 2.24) is 15.5 Å². The van der Waals surface area contributed by atoms with Crippen LogP contribution in [0.3, 0.4) is 0 Å². The number of guanidine groups is 1. The molecule has 2 N–H and O–H groups in total. The lowest BCUT2D eigenvalue weighted by Crippen LogP contribution is -2.38. The Kier molecular flexibility index (Phi) is 13.4. The molecule has 1 aromatic carbocycles. The van der Waals surface area contributed by atoms with E-state index in [0.717, 1.165) is 37.1 Å². The molecule has 0 saturated carbocycles. The molecule has 1 rings (SSSR count). The molecular formula is C17H30ClIN4O. The molecule has 1 aromatic rings. The Bertz CT molecular complexity index is 468. The van der Waals surface area contributed by atoms with Crippen LogP contribution in [0.2, 0.25) is 5.02 Å². The van der Waals surface area contributed by atoms with Crippen molar-refractivity contribution in [2.45, 2.75) is 19.4 Å². The van der Waals surface area contributed by atoms with Gasteiger partial charge in [-0.3, -0.25) is 4.99 Å². The van der Waals surface area contributed by atoms with Crippen molar-refractivity contribution in [1.29, 1.82) is 0 Å². The van der Waals surface area contributed by atoms with Crippen LogP contribution in [0, 0.1) is 0 Å². The van der Waals surface area contributed by atoms with Crippen molar-refractivity contribution < 1.29 is 4.74 Å². The van der Waals surface area contributed by atoms with E-state index >= 15 is 0 Å². The van der Waals surface area contributed by atoms with Crippen molar-refractivity contribution in [2.24, 2.45) is 4.99 Å². The number of likely N-dealkylation sites (N-methyl/N-ethyl adjacent to an activating group) is 1. The normalized spacial score (nSPS) is 12.7. The van der Waals surface area contributed by atoms with Crippen molar-refractivity contribution in [3.63, 3.8) is 0 Å². The van der Waals surface area contributed by atoms with Crippen LogP contribution in [0.25, 0.3) is 0 Å². The van der Waals surface area contributed by atoms with Crippen LogP contribution < -0.4 is 10.6 Å². The fraction of sp³-hybridized carbons (Fsp3) is 0.588. The summed E-state index contributed by atoms with van der Waals surface area (Å²) in [6.07, 6.45) is 0.954. The molecule has 0 saturated heterocycles.